The van der Waals surface area contributed by atoms with E-state index in [2.05, 4.69) is 11.1 Å². The van der Waals surface area contributed by atoms with Gasteiger partial charge in [-0.1, -0.05) is 35.3 Å². The summed E-state index contributed by atoms with van der Waals surface area (Å²) < 4.78 is 1.79. The SMILES string of the molecule is Cn1c(/C(C#N)=C(\O)CSc2cc(Cl)ccc2Cl)nc2ccccc21. The third kappa shape index (κ3) is 3.62. The number of rotatable bonds is 4. The number of aliphatic hydroxyl groups excluding tert-OH is 1. The Morgan fingerprint density at radius 2 is 2.04 bits per heavy atom. The number of benzene rings is 2. The molecule has 1 heterocycles. The van der Waals surface area contributed by atoms with Gasteiger partial charge in [-0.2, -0.15) is 5.26 Å². The van der Waals surface area contributed by atoms with Gasteiger partial charge in [0.1, 0.15) is 17.4 Å². The van der Waals surface area contributed by atoms with Crippen molar-refractivity contribution >= 4 is 51.6 Å². The summed E-state index contributed by atoms with van der Waals surface area (Å²) in [4.78, 5) is 5.20. The van der Waals surface area contributed by atoms with Crippen molar-refractivity contribution < 1.29 is 5.11 Å². The number of imidazole rings is 1. The van der Waals surface area contributed by atoms with Gasteiger partial charge in [0, 0.05) is 17.0 Å². The molecule has 0 aliphatic rings. The predicted octanol–water partition coefficient (Wildman–Crippen LogP) is 5.47. The van der Waals surface area contributed by atoms with Gasteiger partial charge in [0.2, 0.25) is 0 Å². The van der Waals surface area contributed by atoms with E-state index in [1.807, 2.05) is 31.3 Å². The first-order valence-corrected chi connectivity index (χ1v) is 9.07. The van der Waals surface area contributed by atoms with Crippen molar-refractivity contribution in [2.75, 3.05) is 5.75 Å². The highest BCUT2D eigenvalue weighted by Gasteiger charge is 2.16. The summed E-state index contributed by atoms with van der Waals surface area (Å²) in [6.07, 6.45) is 0. The van der Waals surface area contributed by atoms with Gasteiger partial charge in [-0.15, -0.1) is 11.8 Å². The lowest BCUT2D eigenvalue weighted by atomic mass is 10.2. The number of nitrogens with zero attached hydrogens (tertiary/aromatic N) is 3. The molecular weight excluding hydrogens is 377 g/mol. The average molecular weight is 390 g/mol. The Morgan fingerprint density at radius 3 is 2.76 bits per heavy atom. The van der Waals surface area contributed by atoms with Gasteiger partial charge in [-0.05, 0) is 30.3 Å². The Kier molecular flexibility index (Phi) is 5.24. The van der Waals surface area contributed by atoms with Crippen molar-refractivity contribution in [2.45, 2.75) is 4.90 Å². The number of nitriles is 1. The van der Waals surface area contributed by atoms with E-state index in [0.717, 1.165) is 15.9 Å². The van der Waals surface area contributed by atoms with Crippen LogP contribution in [0.4, 0.5) is 0 Å². The van der Waals surface area contributed by atoms with E-state index in [-0.39, 0.29) is 17.1 Å². The summed E-state index contributed by atoms with van der Waals surface area (Å²) in [5.74, 6) is 0.563. The number of allylic oxidation sites excluding steroid dienone is 1. The maximum absolute atomic E-state index is 10.4. The maximum Gasteiger partial charge on any atom is 0.155 e. The van der Waals surface area contributed by atoms with E-state index in [0.29, 0.717) is 15.9 Å². The molecule has 0 saturated carbocycles. The molecule has 25 heavy (non-hydrogen) atoms. The van der Waals surface area contributed by atoms with Gasteiger partial charge >= 0.3 is 0 Å². The monoisotopic (exact) mass is 389 g/mol. The van der Waals surface area contributed by atoms with Gasteiger partial charge in [0.25, 0.3) is 0 Å². The molecular formula is C18H13Cl2N3OS. The van der Waals surface area contributed by atoms with Crippen molar-refractivity contribution in [3.8, 4) is 6.07 Å². The van der Waals surface area contributed by atoms with Gasteiger partial charge in [0.05, 0.1) is 21.8 Å². The Balaban J connectivity index is 1.93. The van der Waals surface area contributed by atoms with Crippen LogP contribution in [0.25, 0.3) is 16.6 Å². The van der Waals surface area contributed by atoms with Crippen molar-refractivity contribution in [1.82, 2.24) is 9.55 Å². The molecule has 2 aromatic carbocycles. The zero-order chi connectivity index (χ0) is 18.0. The minimum Gasteiger partial charge on any atom is -0.510 e. The van der Waals surface area contributed by atoms with E-state index >= 15 is 0 Å². The number of aryl methyl sites for hydroxylation is 1. The van der Waals surface area contributed by atoms with Crippen molar-refractivity contribution in [1.29, 1.82) is 5.26 Å². The average Bonchev–Trinajstić information content (AvgIpc) is 2.93. The zero-order valence-electron chi connectivity index (χ0n) is 13.2. The molecule has 0 unspecified atom stereocenters. The lowest BCUT2D eigenvalue weighted by molar-refractivity contribution is 0.420. The third-order valence-corrected chi connectivity index (χ3v) is 5.41. The predicted molar refractivity (Wildman–Crippen MR) is 103 cm³/mol. The molecule has 0 saturated heterocycles. The fraction of sp³-hybridized carbons (Fsp3) is 0.111. The molecule has 0 bridgehead atoms. The number of aromatic nitrogens is 2. The molecule has 3 rings (SSSR count). The van der Waals surface area contributed by atoms with Crippen LogP contribution in [0, 0.1) is 11.3 Å². The van der Waals surface area contributed by atoms with Gasteiger partial charge in [-0.3, -0.25) is 0 Å². The van der Waals surface area contributed by atoms with E-state index in [1.165, 1.54) is 11.8 Å². The molecule has 4 nitrogen and oxygen atoms in total. The molecule has 1 aromatic heterocycles. The highest BCUT2D eigenvalue weighted by Crippen LogP contribution is 2.32. The normalized spacial score (nSPS) is 12.1. The first-order chi connectivity index (χ1) is 12.0. The fourth-order valence-corrected chi connectivity index (χ4v) is 3.79. The zero-order valence-corrected chi connectivity index (χ0v) is 15.5. The first kappa shape index (κ1) is 17.7. The Labute approximate surface area is 159 Å². The largest absolute Gasteiger partial charge is 0.510 e. The molecule has 0 amide bonds. The highest BCUT2D eigenvalue weighted by molar-refractivity contribution is 7.99. The quantitative estimate of drug-likeness (QED) is 0.365. The molecule has 0 fully saturated rings. The van der Waals surface area contributed by atoms with Crippen LogP contribution in [0.3, 0.4) is 0 Å². The molecule has 126 valence electrons. The van der Waals surface area contributed by atoms with Crippen molar-refractivity contribution in [3.63, 3.8) is 0 Å². The number of thioether (sulfide) groups is 1. The first-order valence-electron chi connectivity index (χ1n) is 7.33. The minimum atomic E-state index is -0.0538. The van der Waals surface area contributed by atoms with E-state index in [9.17, 15) is 10.4 Å². The maximum atomic E-state index is 10.4. The standard InChI is InChI=1S/C18H13Cl2N3OS/c1-23-15-5-3-2-4-14(15)22-18(23)12(9-21)16(24)10-25-17-8-11(19)6-7-13(17)20/h2-8,24H,10H2,1H3/b16-12-. The van der Waals surface area contributed by atoms with Gasteiger partial charge < -0.3 is 9.67 Å². The number of fused-ring (bicyclic) bond motifs is 1. The van der Waals surface area contributed by atoms with E-state index < -0.39 is 0 Å². The molecule has 7 heteroatoms. The number of hydrogen-bond donors (Lipinski definition) is 1. The summed E-state index contributed by atoms with van der Waals surface area (Å²) in [5, 5.41) is 21.1. The summed E-state index contributed by atoms with van der Waals surface area (Å²) in [6, 6.07) is 14.7. The Morgan fingerprint density at radius 1 is 1.28 bits per heavy atom. The summed E-state index contributed by atoms with van der Waals surface area (Å²) in [6.45, 7) is 0. The number of aliphatic hydroxyl groups is 1. The summed E-state index contributed by atoms with van der Waals surface area (Å²) in [5.41, 5.74) is 1.80. The van der Waals surface area contributed by atoms with Crippen LogP contribution < -0.4 is 0 Å². The van der Waals surface area contributed by atoms with Crippen LogP contribution in [0.1, 0.15) is 5.82 Å². The number of para-hydroxylation sites is 2. The van der Waals surface area contributed by atoms with Crippen molar-refractivity contribution in [2.24, 2.45) is 7.05 Å². The topological polar surface area (TPSA) is 61.8 Å². The lowest BCUT2D eigenvalue weighted by Crippen LogP contribution is -2.00. The molecule has 0 aliphatic carbocycles. The third-order valence-electron chi connectivity index (χ3n) is 3.67. The molecule has 0 radical (unpaired) electrons. The molecule has 1 N–H and O–H groups in total. The van der Waals surface area contributed by atoms with Crippen LogP contribution in [0.5, 0.6) is 0 Å². The van der Waals surface area contributed by atoms with Crippen molar-refractivity contribution in [3.05, 3.63) is 64.1 Å². The highest BCUT2D eigenvalue weighted by atomic mass is 35.5. The second-order valence-electron chi connectivity index (χ2n) is 5.28. The molecule has 0 aliphatic heterocycles. The second-order valence-corrected chi connectivity index (χ2v) is 7.14. The van der Waals surface area contributed by atoms with Crippen LogP contribution >= 0.6 is 35.0 Å². The van der Waals surface area contributed by atoms with E-state index in [1.54, 1.807) is 22.8 Å². The smallest absolute Gasteiger partial charge is 0.155 e. The Bertz CT molecular complexity index is 1020. The van der Waals surface area contributed by atoms with Gasteiger partial charge in [0.15, 0.2) is 5.82 Å². The minimum absolute atomic E-state index is 0.0538. The Hall–Kier alpha value is -2.13. The lowest BCUT2D eigenvalue weighted by Gasteiger charge is -2.07. The second kappa shape index (κ2) is 7.40. The molecule has 0 spiro atoms. The summed E-state index contributed by atoms with van der Waals surface area (Å²) in [7, 11) is 1.82. The van der Waals surface area contributed by atoms with Crippen LogP contribution in [0.2, 0.25) is 10.0 Å². The molecule has 3 aromatic rings. The van der Waals surface area contributed by atoms with Crippen LogP contribution in [0.15, 0.2) is 53.1 Å². The summed E-state index contributed by atoms with van der Waals surface area (Å²) >= 11 is 13.4. The number of hydrogen-bond acceptors (Lipinski definition) is 4. The van der Waals surface area contributed by atoms with E-state index in [4.69, 9.17) is 23.2 Å². The fourth-order valence-electron chi connectivity index (χ4n) is 2.42. The molecule has 0 atom stereocenters. The van der Waals surface area contributed by atoms with Crippen LogP contribution in [-0.2, 0) is 7.05 Å². The van der Waals surface area contributed by atoms with Crippen LogP contribution in [-0.4, -0.2) is 20.4 Å². The van der Waals surface area contributed by atoms with Gasteiger partial charge in [-0.25, -0.2) is 4.98 Å². The number of halogens is 2.